The molecule has 2 heterocycles. The van der Waals surface area contributed by atoms with Crippen LogP contribution in [0.5, 0.6) is 0 Å². The molecule has 4 amide bonds. The standard InChI is InChI=1S/C34H42N8O8S/c1-35(2)33(45)27-21-39(17-15-37(27)5)31(43)13-9-23-7-11-29(25(19-23)41(47)48)51-30-12-8-24(20-26(30)42(49)50)10-14-32(44)40-18-16-38(6)28(22-40)34(46)36(3)4/h7-14,19-20,27-28H,15-18,21-22H2,1-6H3/b13-9+,14-10+. The third-order valence-corrected chi connectivity index (χ3v) is 9.92. The first-order chi connectivity index (χ1) is 24.1. The third-order valence-electron chi connectivity index (χ3n) is 8.79. The fraction of sp³-hybridized carbons (Fsp3) is 0.412. The molecule has 0 radical (unpaired) electrons. The Balaban J connectivity index is 1.47. The van der Waals surface area contributed by atoms with Crippen LogP contribution in [0.4, 0.5) is 11.4 Å². The average molecular weight is 723 g/mol. The monoisotopic (exact) mass is 722 g/mol. The van der Waals surface area contributed by atoms with E-state index in [0.717, 1.165) is 11.8 Å². The first kappa shape index (κ1) is 38.7. The Kier molecular flexibility index (Phi) is 12.7. The zero-order valence-electron chi connectivity index (χ0n) is 29.4. The molecule has 0 aliphatic carbocycles. The number of carbonyl (C=O) groups excluding carboxylic acids is 4. The lowest BCUT2D eigenvalue weighted by Crippen LogP contribution is -2.58. The van der Waals surface area contributed by atoms with Crippen molar-refractivity contribution in [2.45, 2.75) is 21.9 Å². The van der Waals surface area contributed by atoms with Gasteiger partial charge in [0.25, 0.3) is 11.4 Å². The van der Waals surface area contributed by atoms with Crippen molar-refractivity contribution in [1.82, 2.24) is 29.4 Å². The van der Waals surface area contributed by atoms with Crippen molar-refractivity contribution in [2.24, 2.45) is 0 Å². The van der Waals surface area contributed by atoms with Crippen molar-refractivity contribution in [3.63, 3.8) is 0 Å². The molecule has 16 nitrogen and oxygen atoms in total. The number of nitro benzene ring substituents is 2. The molecule has 2 atom stereocenters. The molecule has 0 bridgehead atoms. The van der Waals surface area contributed by atoms with E-state index >= 15 is 0 Å². The van der Waals surface area contributed by atoms with E-state index in [9.17, 15) is 39.4 Å². The Morgan fingerprint density at radius 3 is 1.39 bits per heavy atom. The summed E-state index contributed by atoms with van der Waals surface area (Å²) in [5, 5.41) is 24.1. The number of carbonyl (C=O) groups is 4. The van der Waals surface area contributed by atoms with Crippen LogP contribution in [0.3, 0.4) is 0 Å². The molecule has 2 aromatic rings. The molecule has 0 saturated carbocycles. The first-order valence-electron chi connectivity index (χ1n) is 16.1. The second-order valence-electron chi connectivity index (χ2n) is 12.8. The Hall–Kier alpha value is -5.13. The Bertz CT molecular complexity index is 1640. The van der Waals surface area contributed by atoms with Crippen molar-refractivity contribution in [3.05, 3.63) is 79.9 Å². The van der Waals surface area contributed by atoms with Gasteiger partial charge in [0.05, 0.1) is 19.6 Å². The molecule has 0 N–H and O–H groups in total. The molecular formula is C34H42N8O8S. The van der Waals surface area contributed by atoms with E-state index in [-0.39, 0.29) is 57.9 Å². The van der Waals surface area contributed by atoms with Gasteiger partial charge in [-0.2, -0.15) is 0 Å². The molecule has 2 aliphatic heterocycles. The molecule has 0 aromatic heterocycles. The van der Waals surface area contributed by atoms with Gasteiger partial charge in [0.2, 0.25) is 23.6 Å². The van der Waals surface area contributed by atoms with Crippen LogP contribution in [0.2, 0.25) is 0 Å². The van der Waals surface area contributed by atoms with E-state index in [0.29, 0.717) is 37.3 Å². The molecule has 272 valence electrons. The number of rotatable bonds is 10. The summed E-state index contributed by atoms with van der Waals surface area (Å²) in [6.45, 7) is 2.30. The molecule has 2 aliphatic rings. The van der Waals surface area contributed by atoms with Crippen molar-refractivity contribution in [1.29, 1.82) is 0 Å². The zero-order chi connectivity index (χ0) is 37.6. The minimum Gasteiger partial charge on any atom is -0.347 e. The molecule has 2 saturated heterocycles. The van der Waals surface area contributed by atoms with Crippen molar-refractivity contribution in [3.8, 4) is 0 Å². The van der Waals surface area contributed by atoms with Crippen LogP contribution in [0.15, 0.2) is 58.3 Å². The van der Waals surface area contributed by atoms with Gasteiger partial charge in [-0.3, -0.25) is 49.2 Å². The molecular weight excluding hydrogens is 680 g/mol. The number of likely N-dealkylation sites (N-methyl/N-ethyl adjacent to an activating group) is 4. The van der Waals surface area contributed by atoms with Crippen LogP contribution in [0.1, 0.15) is 11.1 Å². The first-order valence-corrected chi connectivity index (χ1v) is 16.9. The van der Waals surface area contributed by atoms with Gasteiger partial charge in [-0.15, -0.1) is 0 Å². The maximum Gasteiger partial charge on any atom is 0.283 e. The highest BCUT2D eigenvalue weighted by atomic mass is 32.2. The van der Waals surface area contributed by atoms with Crippen LogP contribution < -0.4 is 0 Å². The zero-order valence-corrected chi connectivity index (χ0v) is 30.2. The summed E-state index contributed by atoms with van der Waals surface area (Å²) >= 11 is 0.857. The summed E-state index contributed by atoms with van der Waals surface area (Å²) in [6.07, 6.45) is 5.53. The number of piperazine rings is 2. The highest BCUT2D eigenvalue weighted by Gasteiger charge is 2.33. The lowest BCUT2D eigenvalue weighted by Gasteiger charge is -2.39. The second-order valence-corrected chi connectivity index (χ2v) is 13.8. The van der Waals surface area contributed by atoms with Gasteiger partial charge >= 0.3 is 0 Å². The van der Waals surface area contributed by atoms with Crippen LogP contribution in [-0.2, 0) is 19.2 Å². The summed E-state index contributed by atoms with van der Waals surface area (Å²) in [7, 11) is 10.3. The lowest BCUT2D eigenvalue weighted by atomic mass is 10.1. The lowest BCUT2D eigenvalue weighted by molar-refractivity contribution is -0.388. The maximum atomic E-state index is 13.0. The van der Waals surface area contributed by atoms with Gasteiger partial charge in [-0.25, -0.2) is 0 Å². The fourth-order valence-corrected chi connectivity index (χ4v) is 6.66. The number of hydrogen-bond donors (Lipinski definition) is 0. The summed E-state index contributed by atoms with van der Waals surface area (Å²) in [5.41, 5.74) is 0.166. The van der Waals surface area contributed by atoms with Crippen molar-refractivity contribution in [2.75, 3.05) is 81.6 Å². The molecule has 51 heavy (non-hydrogen) atoms. The van der Waals surface area contributed by atoms with E-state index in [2.05, 4.69) is 0 Å². The van der Waals surface area contributed by atoms with E-state index < -0.39 is 21.9 Å². The predicted molar refractivity (Wildman–Crippen MR) is 192 cm³/mol. The highest BCUT2D eigenvalue weighted by molar-refractivity contribution is 7.99. The molecule has 17 heteroatoms. The summed E-state index contributed by atoms with van der Waals surface area (Å²) in [4.78, 5) is 84.1. The van der Waals surface area contributed by atoms with E-state index in [1.54, 1.807) is 50.1 Å². The minimum absolute atomic E-state index is 0.112. The van der Waals surface area contributed by atoms with Gasteiger partial charge in [0, 0.05) is 91.7 Å². The quantitative estimate of drug-likeness (QED) is 0.200. The molecule has 0 spiro atoms. The smallest absolute Gasteiger partial charge is 0.283 e. The van der Waals surface area contributed by atoms with Gasteiger partial charge in [0.15, 0.2) is 0 Å². The molecule has 2 aromatic carbocycles. The number of amides is 4. The Morgan fingerprint density at radius 1 is 0.686 bits per heavy atom. The number of nitro groups is 2. The maximum absolute atomic E-state index is 13.0. The third kappa shape index (κ3) is 9.56. The Labute approximate surface area is 300 Å². The average Bonchev–Trinajstić information content (AvgIpc) is 3.09. The predicted octanol–water partition coefficient (Wildman–Crippen LogP) is 2.14. The molecule has 2 fully saturated rings. The number of benzene rings is 2. The van der Waals surface area contributed by atoms with Crippen LogP contribution in [0.25, 0.3) is 12.2 Å². The van der Waals surface area contributed by atoms with E-state index in [4.69, 9.17) is 0 Å². The number of nitrogens with zero attached hydrogens (tertiary/aromatic N) is 8. The Morgan fingerprint density at radius 2 is 1.06 bits per heavy atom. The van der Waals surface area contributed by atoms with Crippen molar-refractivity contribution < 1.29 is 29.0 Å². The summed E-state index contributed by atoms with van der Waals surface area (Å²) in [6, 6.07) is 7.71. The highest BCUT2D eigenvalue weighted by Crippen LogP contribution is 2.40. The van der Waals surface area contributed by atoms with Crippen LogP contribution in [-0.4, -0.2) is 157 Å². The van der Waals surface area contributed by atoms with Gasteiger partial charge in [-0.1, -0.05) is 23.9 Å². The summed E-state index contributed by atoms with van der Waals surface area (Å²) in [5.74, 6) is -0.892. The van der Waals surface area contributed by atoms with Gasteiger partial charge in [-0.05, 0) is 49.5 Å². The topological polar surface area (TPSA) is 174 Å². The fourth-order valence-electron chi connectivity index (χ4n) is 5.68. The van der Waals surface area contributed by atoms with Crippen molar-refractivity contribution >= 4 is 58.9 Å². The van der Waals surface area contributed by atoms with E-state index in [1.807, 2.05) is 23.9 Å². The summed E-state index contributed by atoms with van der Waals surface area (Å²) < 4.78 is 0. The van der Waals surface area contributed by atoms with Crippen LogP contribution >= 0.6 is 11.8 Å². The largest absolute Gasteiger partial charge is 0.347 e. The van der Waals surface area contributed by atoms with Gasteiger partial charge < -0.3 is 19.6 Å². The number of hydrogen-bond acceptors (Lipinski definition) is 11. The van der Waals surface area contributed by atoms with E-state index in [1.165, 1.54) is 58.4 Å². The van der Waals surface area contributed by atoms with Crippen LogP contribution in [0, 0.1) is 20.2 Å². The molecule has 2 unspecified atom stereocenters. The SMILES string of the molecule is CN(C)C(=O)C1CN(C(=O)/C=C/c2ccc(Sc3ccc(/C=C/C(=O)N4CCN(C)C(C(=O)N(C)C)C4)cc3[N+](=O)[O-])c([N+](=O)[O-])c2)CCN1C. The van der Waals surface area contributed by atoms with Gasteiger partial charge in [0.1, 0.15) is 12.1 Å². The molecule has 4 rings (SSSR count). The second kappa shape index (κ2) is 16.7. The normalized spacial score (nSPS) is 18.6. The minimum atomic E-state index is -0.594.